The van der Waals surface area contributed by atoms with E-state index in [2.05, 4.69) is 0 Å². The van der Waals surface area contributed by atoms with Crippen LogP contribution in [0.15, 0.2) is 30.3 Å². The van der Waals surface area contributed by atoms with Gasteiger partial charge < -0.3 is 0 Å². The van der Waals surface area contributed by atoms with Crippen LogP contribution in [0.1, 0.15) is 73.5 Å². The van der Waals surface area contributed by atoms with Crippen LogP contribution < -0.4 is 0 Å². The molecule has 2 saturated carbocycles. The van der Waals surface area contributed by atoms with Crippen molar-refractivity contribution in [3.63, 3.8) is 0 Å². The molecular formula is C22H24F2. The van der Waals surface area contributed by atoms with Crippen molar-refractivity contribution in [1.82, 2.24) is 0 Å². The van der Waals surface area contributed by atoms with Crippen LogP contribution in [-0.4, -0.2) is 0 Å². The molecule has 2 aromatic rings. The fourth-order valence-corrected chi connectivity index (χ4v) is 4.49. The highest BCUT2D eigenvalue weighted by atomic mass is 19.2. The predicted molar refractivity (Wildman–Crippen MR) is 94.3 cm³/mol. The third-order valence-corrected chi connectivity index (χ3v) is 5.79. The first-order valence-corrected chi connectivity index (χ1v) is 9.25. The average Bonchev–Trinajstić information content (AvgIpc) is 3.44. The second-order valence-electron chi connectivity index (χ2n) is 7.43. The van der Waals surface area contributed by atoms with E-state index in [1.807, 2.05) is 37.3 Å². The first kappa shape index (κ1) is 15.8. The molecule has 0 nitrogen and oxygen atoms in total. The minimum Gasteiger partial charge on any atom is -0.203 e. The number of rotatable bonds is 3. The topological polar surface area (TPSA) is 0 Å². The molecule has 0 aliphatic heterocycles. The van der Waals surface area contributed by atoms with Gasteiger partial charge in [-0.1, -0.05) is 49.6 Å². The van der Waals surface area contributed by atoms with E-state index >= 15 is 4.39 Å². The molecule has 0 amide bonds. The molecule has 126 valence electrons. The Bertz CT molecular complexity index is 739. The summed E-state index contributed by atoms with van der Waals surface area (Å²) in [5, 5.41) is 0. The standard InChI is InChI=1S/C22H24F2/c1-14-18(15-8-4-2-5-9-15)20(16-10-6-3-7-11-16)22(24)21(23)19(14)17-12-13-17/h3,6-7,10-11,15,17H,2,4-5,8-9,12-13H2,1H3. The SMILES string of the molecule is Cc1c(C2CC2)c(F)c(F)c(-c2ccccc2)c1C1CCCCC1. The molecule has 0 saturated heterocycles. The molecule has 24 heavy (non-hydrogen) atoms. The lowest BCUT2D eigenvalue weighted by Crippen LogP contribution is -2.13. The minimum atomic E-state index is -0.630. The number of hydrogen-bond acceptors (Lipinski definition) is 0. The van der Waals surface area contributed by atoms with Gasteiger partial charge in [-0.05, 0) is 66.7 Å². The molecule has 0 radical (unpaired) electrons. The maximum absolute atomic E-state index is 15.2. The van der Waals surface area contributed by atoms with Gasteiger partial charge >= 0.3 is 0 Å². The van der Waals surface area contributed by atoms with E-state index in [0.29, 0.717) is 17.0 Å². The molecule has 2 aliphatic rings. The summed E-state index contributed by atoms with van der Waals surface area (Å²) in [5.41, 5.74) is 4.08. The molecule has 2 fully saturated rings. The van der Waals surface area contributed by atoms with Crippen molar-refractivity contribution in [3.05, 3.63) is 58.7 Å². The maximum Gasteiger partial charge on any atom is 0.167 e. The average molecular weight is 326 g/mol. The Morgan fingerprint density at radius 2 is 1.38 bits per heavy atom. The Kier molecular flexibility index (Phi) is 4.15. The second kappa shape index (κ2) is 6.31. The number of benzene rings is 2. The Morgan fingerprint density at radius 1 is 0.750 bits per heavy atom. The molecule has 0 heterocycles. The Hall–Kier alpha value is -1.70. The minimum absolute atomic E-state index is 0.228. The van der Waals surface area contributed by atoms with Crippen molar-refractivity contribution in [2.75, 3.05) is 0 Å². The van der Waals surface area contributed by atoms with Crippen LogP contribution in [0.5, 0.6) is 0 Å². The molecule has 0 unspecified atom stereocenters. The third kappa shape index (κ3) is 2.66. The van der Waals surface area contributed by atoms with E-state index in [1.165, 1.54) is 19.3 Å². The molecule has 2 heteroatoms. The van der Waals surface area contributed by atoms with Gasteiger partial charge in [0.15, 0.2) is 11.6 Å². The highest BCUT2D eigenvalue weighted by molar-refractivity contribution is 5.72. The van der Waals surface area contributed by atoms with Crippen molar-refractivity contribution >= 4 is 0 Å². The van der Waals surface area contributed by atoms with Crippen molar-refractivity contribution < 1.29 is 8.78 Å². The summed E-state index contributed by atoms with van der Waals surface area (Å²) in [6, 6.07) is 9.53. The summed E-state index contributed by atoms with van der Waals surface area (Å²) in [6.45, 7) is 2.02. The summed E-state index contributed by atoms with van der Waals surface area (Å²) in [6.07, 6.45) is 7.81. The van der Waals surface area contributed by atoms with Crippen LogP contribution in [0.25, 0.3) is 11.1 Å². The van der Waals surface area contributed by atoms with Gasteiger partial charge in [-0.2, -0.15) is 0 Å². The quantitative estimate of drug-likeness (QED) is 0.577. The Balaban J connectivity index is 1.96. The number of hydrogen-bond donors (Lipinski definition) is 0. The monoisotopic (exact) mass is 326 g/mol. The van der Waals surface area contributed by atoms with Crippen LogP contribution in [0, 0.1) is 18.6 Å². The summed E-state index contributed by atoms with van der Waals surface area (Å²) < 4.78 is 30.0. The van der Waals surface area contributed by atoms with Crippen molar-refractivity contribution in [2.45, 2.75) is 63.7 Å². The maximum atomic E-state index is 15.2. The van der Waals surface area contributed by atoms with E-state index < -0.39 is 11.6 Å². The van der Waals surface area contributed by atoms with Crippen molar-refractivity contribution in [2.24, 2.45) is 0 Å². The summed E-state index contributed by atoms with van der Waals surface area (Å²) in [7, 11) is 0. The summed E-state index contributed by atoms with van der Waals surface area (Å²) in [5.74, 6) is -0.643. The lowest BCUT2D eigenvalue weighted by atomic mass is 9.77. The van der Waals surface area contributed by atoms with E-state index in [1.54, 1.807) is 0 Å². The Morgan fingerprint density at radius 3 is 2.00 bits per heavy atom. The first-order valence-electron chi connectivity index (χ1n) is 9.25. The van der Waals surface area contributed by atoms with Gasteiger partial charge in [-0.25, -0.2) is 8.78 Å². The largest absolute Gasteiger partial charge is 0.203 e. The first-order chi connectivity index (χ1) is 11.7. The highest BCUT2D eigenvalue weighted by Crippen LogP contribution is 2.49. The lowest BCUT2D eigenvalue weighted by Gasteiger charge is -2.28. The van der Waals surface area contributed by atoms with Gasteiger partial charge in [0.1, 0.15) is 0 Å². The molecular weight excluding hydrogens is 302 g/mol. The summed E-state index contributed by atoms with van der Waals surface area (Å²) >= 11 is 0. The van der Waals surface area contributed by atoms with Crippen LogP contribution in [0.3, 0.4) is 0 Å². The van der Waals surface area contributed by atoms with Gasteiger partial charge in [0, 0.05) is 5.56 Å². The van der Waals surface area contributed by atoms with Crippen LogP contribution >= 0.6 is 0 Å². The molecule has 0 aromatic heterocycles. The third-order valence-electron chi connectivity index (χ3n) is 5.79. The molecule has 0 atom stereocenters. The van der Waals surface area contributed by atoms with E-state index in [0.717, 1.165) is 42.4 Å². The van der Waals surface area contributed by atoms with Crippen molar-refractivity contribution in [3.8, 4) is 11.1 Å². The summed E-state index contributed by atoms with van der Waals surface area (Å²) in [4.78, 5) is 0. The smallest absolute Gasteiger partial charge is 0.167 e. The van der Waals surface area contributed by atoms with Gasteiger partial charge in [0.2, 0.25) is 0 Å². The van der Waals surface area contributed by atoms with Gasteiger partial charge in [-0.15, -0.1) is 0 Å². The zero-order chi connectivity index (χ0) is 16.7. The lowest BCUT2D eigenvalue weighted by molar-refractivity contribution is 0.437. The van der Waals surface area contributed by atoms with Crippen molar-refractivity contribution in [1.29, 1.82) is 0 Å². The molecule has 0 spiro atoms. The zero-order valence-electron chi connectivity index (χ0n) is 14.2. The molecule has 2 aromatic carbocycles. The molecule has 0 N–H and O–H groups in total. The highest BCUT2D eigenvalue weighted by Gasteiger charge is 2.35. The predicted octanol–water partition coefficient (Wildman–Crippen LogP) is 6.87. The van der Waals surface area contributed by atoms with Crippen LogP contribution in [0.4, 0.5) is 8.78 Å². The van der Waals surface area contributed by atoms with Crippen LogP contribution in [-0.2, 0) is 0 Å². The van der Waals surface area contributed by atoms with Crippen LogP contribution in [0.2, 0.25) is 0 Å². The molecule has 2 aliphatic carbocycles. The molecule has 4 rings (SSSR count). The van der Waals surface area contributed by atoms with E-state index in [-0.39, 0.29) is 5.92 Å². The fraction of sp³-hybridized carbons (Fsp3) is 0.455. The molecule has 0 bridgehead atoms. The number of halogens is 2. The van der Waals surface area contributed by atoms with E-state index in [4.69, 9.17) is 0 Å². The van der Waals surface area contributed by atoms with E-state index in [9.17, 15) is 4.39 Å². The second-order valence-corrected chi connectivity index (χ2v) is 7.43. The van der Waals surface area contributed by atoms with Gasteiger partial charge in [0.05, 0.1) is 0 Å². The fourth-order valence-electron chi connectivity index (χ4n) is 4.49. The zero-order valence-corrected chi connectivity index (χ0v) is 14.2. The van der Waals surface area contributed by atoms with Gasteiger partial charge in [-0.3, -0.25) is 0 Å². The van der Waals surface area contributed by atoms with Gasteiger partial charge in [0.25, 0.3) is 0 Å². The normalized spacial score (nSPS) is 18.8. The Labute approximate surface area is 142 Å².